The minimum Gasteiger partial charge on any atom is -0.466 e. The molecular formula is C79H151NO5. The second kappa shape index (κ2) is 74.5. The Balaban J connectivity index is 3.41. The number of amides is 1. The summed E-state index contributed by atoms with van der Waals surface area (Å²) in [6.45, 7) is 4.95. The van der Waals surface area contributed by atoms with Gasteiger partial charge in [0.05, 0.1) is 25.4 Å². The van der Waals surface area contributed by atoms with Gasteiger partial charge in [0, 0.05) is 12.8 Å². The molecule has 0 rings (SSSR count). The second-order valence-electron chi connectivity index (χ2n) is 26.7. The highest BCUT2D eigenvalue weighted by atomic mass is 16.5. The van der Waals surface area contributed by atoms with E-state index in [1.807, 2.05) is 6.08 Å². The first kappa shape index (κ1) is 83.1. The van der Waals surface area contributed by atoms with Gasteiger partial charge in [-0.2, -0.15) is 0 Å². The first-order valence-corrected chi connectivity index (χ1v) is 38.8. The minimum atomic E-state index is -0.846. The van der Waals surface area contributed by atoms with Gasteiger partial charge in [0.1, 0.15) is 0 Å². The second-order valence-corrected chi connectivity index (χ2v) is 26.7. The zero-order valence-electron chi connectivity index (χ0n) is 57.6. The van der Waals surface area contributed by atoms with Crippen molar-refractivity contribution in [2.75, 3.05) is 13.2 Å². The van der Waals surface area contributed by atoms with E-state index in [4.69, 9.17) is 4.74 Å². The summed E-state index contributed by atoms with van der Waals surface area (Å²) >= 11 is 0. The van der Waals surface area contributed by atoms with Crippen LogP contribution in [0.5, 0.6) is 0 Å². The van der Waals surface area contributed by atoms with Crippen LogP contribution in [-0.4, -0.2) is 47.4 Å². The van der Waals surface area contributed by atoms with Crippen LogP contribution < -0.4 is 5.32 Å². The van der Waals surface area contributed by atoms with Crippen molar-refractivity contribution in [3.8, 4) is 0 Å². The predicted molar refractivity (Wildman–Crippen MR) is 375 cm³/mol. The summed E-state index contributed by atoms with van der Waals surface area (Å²) in [6.07, 6.45) is 96.8. The summed E-state index contributed by atoms with van der Waals surface area (Å²) in [7, 11) is 0. The van der Waals surface area contributed by atoms with Gasteiger partial charge in [0.2, 0.25) is 5.91 Å². The molecule has 0 radical (unpaired) electrons. The summed E-state index contributed by atoms with van der Waals surface area (Å²) in [6, 6.07) is -0.629. The van der Waals surface area contributed by atoms with E-state index < -0.39 is 12.1 Å². The molecule has 0 spiro atoms. The van der Waals surface area contributed by atoms with Crippen molar-refractivity contribution in [2.24, 2.45) is 0 Å². The molecule has 0 aliphatic heterocycles. The van der Waals surface area contributed by atoms with Crippen molar-refractivity contribution in [1.29, 1.82) is 0 Å². The van der Waals surface area contributed by atoms with Crippen LogP contribution in [0.25, 0.3) is 0 Å². The van der Waals surface area contributed by atoms with Crippen LogP contribution in [0.3, 0.4) is 0 Å². The molecule has 0 heterocycles. The highest BCUT2D eigenvalue weighted by Crippen LogP contribution is 2.19. The highest BCUT2D eigenvalue weighted by molar-refractivity contribution is 5.76. The fourth-order valence-corrected chi connectivity index (χ4v) is 12.3. The molecule has 0 aliphatic carbocycles. The zero-order valence-corrected chi connectivity index (χ0v) is 57.6. The van der Waals surface area contributed by atoms with Crippen LogP contribution in [0.1, 0.15) is 431 Å². The van der Waals surface area contributed by atoms with Gasteiger partial charge in [-0.3, -0.25) is 9.59 Å². The topological polar surface area (TPSA) is 95.9 Å². The van der Waals surface area contributed by atoms with Gasteiger partial charge in [-0.25, -0.2) is 0 Å². The maximum atomic E-state index is 12.5. The first-order valence-electron chi connectivity index (χ1n) is 38.8. The monoisotopic (exact) mass is 1190 g/mol. The lowest BCUT2D eigenvalue weighted by Gasteiger charge is -2.20. The van der Waals surface area contributed by atoms with Crippen molar-refractivity contribution in [3.63, 3.8) is 0 Å². The van der Waals surface area contributed by atoms with Crippen LogP contribution in [-0.2, 0) is 14.3 Å². The third-order valence-electron chi connectivity index (χ3n) is 18.2. The molecule has 0 saturated heterocycles. The summed E-state index contributed by atoms with van der Waals surface area (Å²) in [5.41, 5.74) is 0. The molecular weight excluding hydrogens is 1040 g/mol. The largest absolute Gasteiger partial charge is 0.466 e. The zero-order chi connectivity index (χ0) is 61.3. The number of rotatable bonds is 73. The molecule has 0 fully saturated rings. The number of unbranched alkanes of at least 4 members (excludes halogenated alkanes) is 58. The first-order chi connectivity index (χ1) is 42.0. The Morgan fingerprint density at radius 3 is 0.894 bits per heavy atom. The molecule has 0 saturated carbocycles. The Morgan fingerprint density at radius 2 is 0.588 bits per heavy atom. The lowest BCUT2D eigenvalue weighted by Crippen LogP contribution is -2.45. The van der Waals surface area contributed by atoms with E-state index in [9.17, 15) is 19.8 Å². The van der Waals surface area contributed by atoms with E-state index in [2.05, 4.69) is 43.5 Å². The van der Waals surface area contributed by atoms with Gasteiger partial charge < -0.3 is 20.3 Å². The SMILES string of the molecule is CCCCCCCCCCCCCCCCCCCCCCC/C=C/C(O)C(CO)NC(=O)CCCCCCCCCCCCCCCCC/C=C\C/C=C\CCCCCCCCCCCOC(=O)CCCCCCCCCCCCCCCC. The molecule has 2 atom stereocenters. The maximum Gasteiger partial charge on any atom is 0.305 e. The molecule has 6 heteroatoms. The van der Waals surface area contributed by atoms with Crippen molar-refractivity contribution in [1.82, 2.24) is 5.32 Å². The third-order valence-corrected chi connectivity index (χ3v) is 18.2. The molecule has 0 aliphatic rings. The van der Waals surface area contributed by atoms with Crippen molar-refractivity contribution in [3.05, 3.63) is 36.5 Å². The fraction of sp³-hybridized carbons (Fsp3) is 0.899. The van der Waals surface area contributed by atoms with Crippen molar-refractivity contribution < 1.29 is 24.5 Å². The molecule has 0 aromatic heterocycles. The summed E-state index contributed by atoms with van der Waals surface area (Å²) < 4.78 is 5.49. The Morgan fingerprint density at radius 1 is 0.329 bits per heavy atom. The fourth-order valence-electron chi connectivity index (χ4n) is 12.3. The molecule has 85 heavy (non-hydrogen) atoms. The predicted octanol–water partition coefficient (Wildman–Crippen LogP) is 25.4. The van der Waals surface area contributed by atoms with E-state index in [-0.39, 0.29) is 18.5 Å². The van der Waals surface area contributed by atoms with Crippen LogP contribution in [0, 0.1) is 0 Å². The molecule has 2 unspecified atom stereocenters. The standard InChI is InChI=1S/C79H151NO5/c1-3-5-7-9-11-13-15-17-19-20-21-22-32-35-38-41-44-47-51-55-59-63-67-71-77(82)76(75-81)80-78(83)72-68-64-60-56-52-48-45-42-39-36-33-30-28-26-24-23-25-27-29-31-34-37-40-43-46-50-54-58-62-66-70-74-85-79(84)73-69-65-61-57-53-49-18-16-14-12-10-8-6-4-2/h25,27,31,34,67,71,76-77,81-82H,3-24,26,28-30,32-33,35-66,68-70,72-75H2,1-2H3,(H,80,83)/b27-25-,34-31-,71-67+. The minimum absolute atomic E-state index is 0.0159. The lowest BCUT2D eigenvalue weighted by atomic mass is 10.0. The van der Waals surface area contributed by atoms with Crippen LogP contribution in [0.2, 0.25) is 0 Å². The summed E-state index contributed by atoms with van der Waals surface area (Å²) in [4.78, 5) is 24.6. The third kappa shape index (κ3) is 71.0. The Bertz CT molecular complexity index is 1380. The molecule has 0 aromatic rings. The number of hydrogen-bond donors (Lipinski definition) is 3. The molecule has 6 nitrogen and oxygen atoms in total. The van der Waals surface area contributed by atoms with Gasteiger partial charge in [0.15, 0.2) is 0 Å². The number of aliphatic hydroxyl groups is 2. The van der Waals surface area contributed by atoms with Crippen LogP contribution in [0.15, 0.2) is 36.5 Å². The normalized spacial score (nSPS) is 12.7. The maximum absolute atomic E-state index is 12.5. The summed E-state index contributed by atoms with van der Waals surface area (Å²) in [5, 5.41) is 23.3. The van der Waals surface area contributed by atoms with Gasteiger partial charge in [-0.15, -0.1) is 0 Å². The van der Waals surface area contributed by atoms with E-state index >= 15 is 0 Å². The molecule has 0 aromatic carbocycles. The van der Waals surface area contributed by atoms with Gasteiger partial charge >= 0.3 is 5.97 Å². The molecule has 3 N–H and O–H groups in total. The Labute approximate surface area is 532 Å². The number of ether oxygens (including phenoxy) is 1. The number of carbonyl (C=O) groups excluding carboxylic acids is 2. The molecule has 502 valence electrons. The molecule has 1 amide bonds. The van der Waals surface area contributed by atoms with E-state index in [1.54, 1.807) is 6.08 Å². The smallest absolute Gasteiger partial charge is 0.305 e. The number of allylic oxidation sites excluding steroid dienone is 5. The highest BCUT2D eigenvalue weighted by Gasteiger charge is 2.18. The number of aliphatic hydroxyl groups excluding tert-OH is 2. The average Bonchev–Trinajstić information content (AvgIpc) is 3.51. The van der Waals surface area contributed by atoms with E-state index in [0.29, 0.717) is 19.4 Å². The summed E-state index contributed by atoms with van der Waals surface area (Å²) in [5.74, 6) is -0.0469. The lowest BCUT2D eigenvalue weighted by molar-refractivity contribution is -0.143. The van der Waals surface area contributed by atoms with E-state index in [1.165, 1.54) is 360 Å². The average molecular weight is 1200 g/mol. The van der Waals surface area contributed by atoms with Gasteiger partial charge in [-0.05, 0) is 64.2 Å². The number of nitrogens with one attached hydrogen (secondary N) is 1. The van der Waals surface area contributed by atoms with Gasteiger partial charge in [0.25, 0.3) is 0 Å². The van der Waals surface area contributed by atoms with Crippen molar-refractivity contribution in [2.45, 2.75) is 443 Å². The van der Waals surface area contributed by atoms with Crippen molar-refractivity contribution >= 4 is 11.9 Å². The Kier molecular flexibility index (Phi) is 72.9. The van der Waals surface area contributed by atoms with E-state index in [0.717, 1.165) is 44.9 Å². The number of hydrogen-bond acceptors (Lipinski definition) is 5. The Hall–Kier alpha value is -1.92. The number of carbonyl (C=O) groups is 2. The number of esters is 1. The molecule has 0 bridgehead atoms. The van der Waals surface area contributed by atoms with Crippen LogP contribution >= 0.6 is 0 Å². The van der Waals surface area contributed by atoms with Crippen LogP contribution in [0.4, 0.5) is 0 Å². The van der Waals surface area contributed by atoms with Gasteiger partial charge in [-0.1, -0.05) is 391 Å². The quantitative estimate of drug-likeness (QED) is 0.0320.